The minimum atomic E-state index is -4.73. The third-order valence-electron chi connectivity index (χ3n) is 4.14. The van der Waals surface area contributed by atoms with Crippen LogP contribution in [0.4, 0.5) is 24.7 Å². The van der Waals surface area contributed by atoms with E-state index in [4.69, 9.17) is 0 Å². The van der Waals surface area contributed by atoms with Gasteiger partial charge < -0.3 is 15.2 Å². The van der Waals surface area contributed by atoms with Crippen LogP contribution in [0.15, 0.2) is 60.9 Å². The number of aliphatic hydroxyl groups is 1. The van der Waals surface area contributed by atoms with Gasteiger partial charge in [-0.25, -0.2) is 9.97 Å². The molecule has 0 aliphatic heterocycles. The molecule has 150 valence electrons. The molecular weight excluding hydrogens is 383 g/mol. The van der Waals surface area contributed by atoms with Crippen molar-refractivity contribution in [3.8, 4) is 17.0 Å². The maximum atomic E-state index is 12.3. The van der Waals surface area contributed by atoms with Gasteiger partial charge in [0, 0.05) is 22.4 Å². The smallest absolute Gasteiger partial charge is 0.508 e. The molecule has 0 spiro atoms. The average molecular weight is 401 g/mol. The van der Waals surface area contributed by atoms with E-state index in [2.05, 4.69) is 20.0 Å². The van der Waals surface area contributed by atoms with E-state index in [1.807, 2.05) is 25.1 Å². The van der Waals surface area contributed by atoms with Crippen molar-refractivity contribution in [3.05, 3.63) is 72.1 Å². The lowest BCUT2D eigenvalue weighted by molar-refractivity contribution is -0.274. The zero-order valence-electron chi connectivity index (χ0n) is 15.7. The second-order valence-electron chi connectivity index (χ2n) is 6.15. The lowest BCUT2D eigenvalue weighted by Gasteiger charge is -2.13. The van der Waals surface area contributed by atoms with Crippen LogP contribution in [-0.4, -0.2) is 21.4 Å². The second-order valence-corrected chi connectivity index (χ2v) is 6.15. The molecule has 3 aromatic rings. The second kappa shape index (κ2) is 8.22. The first kappa shape index (κ1) is 20.2. The highest BCUT2D eigenvalue weighted by atomic mass is 19.4. The maximum absolute atomic E-state index is 12.3. The molecule has 0 fully saturated rings. The predicted octanol–water partition coefficient (Wildman–Crippen LogP) is 6.01. The van der Waals surface area contributed by atoms with Crippen molar-refractivity contribution in [3.63, 3.8) is 0 Å². The molecule has 0 aliphatic carbocycles. The number of nitrogens with one attached hydrogen (secondary N) is 1. The van der Waals surface area contributed by atoms with E-state index in [0.717, 1.165) is 11.1 Å². The molecule has 0 unspecified atom stereocenters. The normalized spacial score (nSPS) is 12.0. The summed E-state index contributed by atoms with van der Waals surface area (Å²) in [5.74, 6) is 0.377. The third-order valence-corrected chi connectivity index (χ3v) is 4.14. The number of anilines is 2. The van der Waals surface area contributed by atoms with Gasteiger partial charge in [-0.3, -0.25) is 0 Å². The number of hydrogen-bond acceptors (Lipinski definition) is 5. The average Bonchev–Trinajstić information content (AvgIpc) is 2.69. The van der Waals surface area contributed by atoms with Gasteiger partial charge in [0.1, 0.15) is 23.7 Å². The molecule has 8 heteroatoms. The van der Waals surface area contributed by atoms with Gasteiger partial charge in [0.15, 0.2) is 0 Å². The number of halogens is 3. The van der Waals surface area contributed by atoms with Crippen LogP contribution in [-0.2, 0) is 0 Å². The fraction of sp³-hybridized carbons (Fsp3) is 0.143. The van der Waals surface area contributed by atoms with Crippen molar-refractivity contribution in [2.45, 2.75) is 20.2 Å². The number of ether oxygens (including phenoxy) is 1. The minimum Gasteiger partial charge on any atom is -0.508 e. The Kier molecular flexibility index (Phi) is 5.72. The Labute approximate surface area is 165 Å². The molecule has 29 heavy (non-hydrogen) atoms. The zero-order chi connectivity index (χ0) is 21.0. The van der Waals surface area contributed by atoms with Crippen LogP contribution in [0, 0.1) is 6.92 Å². The topological polar surface area (TPSA) is 67.3 Å². The minimum absolute atomic E-state index is 0.165. The number of benzene rings is 2. The van der Waals surface area contributed by atoms with Crippen molar-refractivity contribution in [1.82, 2.24) is 9.97 Å². The van der Waals surface area contributed by atoms with Crippen molar-refractivity contribution in [2.75, 3.05) is 5.32 Å². The van der Waals surface area contributed by atoms with Crippen LogP contribution in [0.1, 0.15) is 18.1 Å². The van der Waals surface area contributed by atoms with E-state index in [0.29, 0.717) is 22.8 Å². The van der Waals surface area contributed by atoms with Crippen LogP contribution in [0.25, 0.3) is 17.0 Å². The van der Waals surface area contributed by atoms with Gasteiger partial charge in [0.05, 0.1) is 5.69 Å². The summed E-state index contributed by atoms with van der Waals surface area (Å²) in [5, 5.41) is 13.0. The van der Waals surface area contributed by atoms with E-state index >= 15 is 0 Å². The van der Waals surface area contributed by atoms with Crippen LogP contribution in [0.5, 0.6) is 5.75 Å². The van der Waals surface area contributed by atoms with Gasteiger partial charge in [-0.1, -0.05) is 18.2 Å². The number of alkyl halides is 3. The van der Waals surface area contributed by atoms with E-state index in [1.165, 1.54) is 30.6 Å². The Morgan fingerprint density at radius 2 is 1.83 bits per heavy atom. The van der Waals surface area contributed by atoms with E-state index in [9.17, 15) is 18.3 Å². The standard InChI is InChI=1S/C21H18F3N3O2/c1-3-18(28)14-5-4-6-15(11-14)19-13(2)20(26-12-25-19)27-16-7-9-17(10-8-16)29-21(22,23)24/h3-12,28H,1-2H3,(H,25,26,27). The van der Waals surface area contributed by atoms with Crippen LogP contribution < -0.4 is 10.1 Å². The number of allylic oxidation sites excluding steroid dienone is 1. The highest BCUT2D eigenvalue weighted by Crippen LogP contribution is 2.29. The molecule has 0 amide bonds. The molecule has 5 nitrogen and oxygen atoms in total. The molecule has 1 heterocycles. The first-order valence-electron chi connectivity index (χ1n) is 8.67. The molecule has 0 bridgehead atoms. The van der Waals surface area contributed by atoms with Crippen molar-refractivity contribution < 1.29 is 23.0 Å². The Morgan fingerprint density at radius 3 is 2.48 bits per heavy atom. The summed E-state index contributed by atoms with van der Waals surface area (Å²) in [7, 11) is 0. The number of aliphatic hydroxyl groups excluding tert-OH is 1. The summed E-state index contributed by atoms with van der Waals surface area (Å²) >= 11 is 0. The molecule has 3 rings (SSSR count). The summed E-state index contributed by atoms with van der Waals surface area (Å²) < 4.78 is 40.7. The van der Waals surface area contributed by atoms with Crippen LogP contribution in [0.3, 0.4) is 0 Å². The predicted molar refractivity (Wildman–Crippen MR) is 105 cm³/mol. The number of hydrogen-bond donors (Lipinski definition) is 2. The number of rotatable bonds is 5. The fourth-order valence-corrected chi connectivity index (χ4v) is 2.74. The summed E-state index contributed by atoms with van der Waals surface area (Å²) in [6, 6.07) is 12.7. The number of nitrogens with zero attached hydrogens (tertiary/aromatic N) is 2. The lowest BCUT2D eigenvalue weighted by atomic mass is 10.0. The molecule has 1 aromatic heterocycles. The lowest BCUT2D eigenvalue weighted by Crippen LogP contribution is -2.17. The van der Waals surface area contributed by atoms with Gasteiger partial charge in [-0.05, 0) is 50.3 Å². The molecule has 0 radical (unpaired) electrons. The Morgan fingerprint density at radius 1 is 1.10 bits per heavy atom. The maximum Gasteiger partial charge on any atom is 0.573 e. The molecular formula is C21H18F3N3O2. The summed E-state index contributed by atoms with van der Waals surface area (Å²) in [4.78, 5) is 8.56. The van der Waals surface area contributed by atoms with Gasteiger partial charge >= 0.3 is 6.36 Å². The summed E-state index contributed by atoms with van der Waals surface area (Å²) in [5.41, 5.74) is 3.43. The van der Waals surface area contributed by atoms with Gasteiger partial charge in [0.25, 0.3) is 0 Å². The van der Waals surface area contributed by atoms with E-state index < -0.39 is 6.36 Å². The molecule has 0 atom stereocenters. The van der Waals surface area contributed by atoms with E-state index in [-0.39, 0.29) is 11.5 Å². The zero-order valence-corrected chi connectivity index (χ0v) is 15.7. The molecule has 2 aromatic carbocycles. The highest BCUT2D eigenvalue weighted by Gasteiger charge is 2.30. The molecule has 0 saturated heterocycles. The first-order chi connectivity index (χ1) is 13.8. The Bertz CT molecular complexity index is 1030. The van der Waals surface area contributed by atoms with Gasteiger partial charge in [0.2, 0.25) is 0 Å². The number of aromatic nitrogens is 2. The van der Waals surface area contributed by atoms with Gasteiger partial charge in [-0.2, -0.15) is 0 Å². The van der Waals surface area contributed by atoms with E-state index in [1.54, 1.807) is 19.1 Å². The Balaban J connectivity index is 1.86. The third kappa shape index (κ3) is 5.04. The van der Waals surface area contributed by atoms with Crippen molar-refractivity contribution in [2.24, 2.45) is 0 Å². The van der Waals surface area contributed by atoms with Crippen LogP contribution >= 0.6 is 0 Å². The molecule has 0 saturated carbocycles. The summed E-state index contributed by atoms with van der Waals surface area (Å²) in [6.45, 7) is 3.58. The van der Waals surface area contributed by atoms with Gasteiger partial charge in [-0.15, -0.1) is 13.2 Å². The largest absolute Gasteiger partial charge is 0.573 e. The fourth-order valence-electron chi connectivity index (χ4n) is 2.74. The van der Waals surface area contributed by atoms with Crippen molar-refractivity contribution >= 4 is 17.3 Å². The molecule has 0 aliphatic rings. The van der Waals surface area contributed by atoms with Crippen LogP contribution in [0.2, 0.25) is 0 Å². The monoisotopic (exact) mass is 401 g/mol. The highest BCUT2D eigenvalue weighted by molar-refractivity contribution is 5.73. The summed E-state index contributed by atoms with van der Waals surface area (Å²) in [6.07, 6.45) is -1.73. The first-order valence-corrected chi connectivity index (χ1v) is 8.67. The molecule has 2 N–H and O–H groups in total. The van der Waals surface area contributed by atoms with Crippen molar-refractivity contribution in [1.29, 1.82) is 0 Å². The Hall–Kier alpha value is -3.55. The quantitative estimate of drug-likeness (QED) is 0.512. The SMILES string of the molecule is CC=C(O)c1cccc(-c2ncnc(Nc3ccc(OC(F)(F)F)cc3)c2C)c1.